The van der Waals surface area contributed by atoms with Gasteiger partial charge >= 0.3 is 0 Å². The number of benzene rings is 1. The van der Waals surface area contributed by atoms with Gasteiger partial charge in [0.25, 0.3) is 5.91 Å². The molecular formula is C16H19NOS. The van der Waals surface area contributed by atoms with Gasteiger partial charge in [0.1, 0.15) is 0 Å². The summed E-state index contributed by atoms with van der Waals surface area (Å²) in [6.07, 6.45) is 0.888. The Hall–Kier alpha value is -1.61. The predicted molar refractivity (Wildman–Crippen MR) is 81.0 cm³/mol. The molecule has 0 aliphatic rings. The minimum atomic E-state index is 0.0326. The third-order valence-electron chi connectivity index (χ3n) is 3.18. The maximum Gasteiger partial charge on any atom is 0.251 e. The summed E-state index contributed by atoms with van der Waals surface area (Å²) in [4.78, 5) is 12.2. The molecule has 19 heavy (non-hydrogen) atoms. The summed E-state index contributed by atoms with van der Waals surface area (Å²) in [5.74, 6) is 0.0326. The predicted octanol–water partition coefficient (Wildman–Crippen LogP) is 3.65. The number of carbonyl (C=O) groups excluding carboxylic acids is 1. The van der Waals surface area contributed by atoms with Gasteiger partial charge in [-0.25, -0.2) is 0 Å². The lowest BCUT2D eigenvalue weighted by Gasteiger charge is -2.11. The SMILES string of the molecule is Cc1cc(C)c(C(=O)NCCc2ccsc2)c(C)c1. The highest BCUT2D eigenvalue weighted by atomic mass is 32.1. The van der Waals surface area contributed by atoms with E-state index < -0.39 is 0 Å². The maximum absolute atomic E-state index is 12.2. The van der Waals surface area contributed by atoms with Gasteiger partial charge < -0.3 is 5.32 Å². The van der Waals surface area contributed by atoms with E-state index in [9.17, 15) is 4.79 Å². The van der Waals surface area contributed by atoms with Gasteiger partial charge in [-0.15, -0.1) is 0 Å². The van der Waals surface area contributed by atoms with Crippen LogP contribution in [0, 0.1) is 20.8 Å². The van der Waals surface area contributed by atoms with Crippen molar-refractivity contribution in [3.8, 4) is 0 Å². The topological polar surface area (TPSA) is 29.1 Å². The first-order chi connectivity index (χ1) is 9.08. The van der Waals surface area contributed by atoms with Crippen molar-refractivity contribution < 1.29 is 4.79 Å². The van der Waals surface area contributed by atoms with E-state index in [2.05, 4.69) is 41.2 Å². The fraction of sp³-hybridized carbons (Fsp3) is 0.312. The molecular weight excluding hydrogens is 254 g/mol. The Morgan fingerprint density at radius 2 is 1.89 bits per heavy atom. The highest BCUT2D eigenvalue weighted by Crippen LogP contribution is 2.16. The third kappa shape index (κ3) is 3.44. The first-order valence-electron chi connectivity index (χ1n) is 6.45. The summed E-state index contributed by atoms with van der Waals surface area (Å²) in [7, 11) is 0. The van der Waals surface area contributed by atoms with Crippen LogP contribution in [0.4, 0.5) is 0 Å². The lowest BCUT2D eigenvalue weighted by molar-refractivity contribution is 0.0953. The second kappa shape index (κ2) is 6.02. The molecule has 1 aromatic heterocycles. The lowest BCUT2D eigenvalue weighted by Crippen LogP contribution is -2.27. The normalized spacial score (nSPS) is 10.5. The van der Waals surface area contributed by atoms with Gasteiger partial charge in [-0.1, -0.05) is 17.7 Å². The molecule has 100 valence electrons. The molecule has 1 N–H and O–H groups in total. The number of amides is 1. The summed E-state index contributed by atoms with van der Waals surface area (Å²) in [5.41, 5.74) is 5.39. The van der Waals surface area contributed by atoms with Crippen LogP contribution in [0.1, 0.15) is 32.6 Å². The van der Waals surface area contributed by atoms with Crippen LogP contribution < -0.4 is 5.32 Å². The van der Waals surface area contributed by atoms with E-state index in [0.29, 0.717) is 6.54 Å². The van der Waals surface area contributed by atoms with Crippen LogP contribution in [-0.4, -0.2) is 12.5 Å². The van der Waals surface area contributed by atoms with Crippen molar-refractivity contribution in [3.63, 3.8) is 0 Å². The maximum atomic E-state index is 12.2. The molecule has 0 unspecified atom stereocenters. The molecule has 2 rings (SSSR count). The van der Waals surface area contributed by atoms with E-state index >= 15 is 0 Å². The summed E-state index contributed by atoms with van der Waals surface area (Å²) in [6.45, 7) is 6.72. The fourth-order valence-electron chi connectivity index (χ4n) is 2.38. The van der Waals surface area contributed by atoms with E-state index in [-0.39, 0.29) is 5.91 Å². The van der Waals surface area contributed by atoms with Crippen LogP contribution in [0.3, 0.4) is 0 Å². The van der Waals surface area contributed by atoms with Crippen molar-refractivity contribution in [1.29, 1.82) is 0 Å². The van der Waals surface area contributed by atoms with Gasteiger partial charge in [0.05, 0.1) is 0 Å². The van der Waals surface area contributed by atoms with Gasteiger partial charge in [0.15, 0.2) is 0 Å². The fourth-order valence-corrected chi connectivity index (χ4v) is 3.08. The van der Waals surface area contributed by atoms with Gasteiger partial charge in [-0.05, 0) is 60.7 Å². The molecule has 0 aliphatic carbocycles. The molecule has 0 atom stereocenters. The Morgan fingerprint density at radius 3 is 2.47 bits per heavy atom. The molecule has 0 saturated heterocycles. The molecule has 0 radical (unpaired) electrons. The Labute approximate surface area is 118 Å². The molecule has 0 bridgehead atoms. The average Bonchev–Trinajstić information content (AvgIpc) is 2.80. The van der Waals surface area contributed by atoms with Crippen LogP contribution in [0.5, 0.6) is 0 Å². The number of hydrogen-bond donors (Lipinski definition) is 1. The minimum absolute atomic E-state index is 0.0326. The van der Waals surface area contributed by atoms with Crippen LogP contribution in [-0.2, 0) is 6.42 Å². The molecule has 1 amide bonds. The van der Waals surface area contributed by atoms with E-state index in [1.807, 2.05) is 13.8 Å². The first-order valence-corrected chi connectivity index (χ1v) is 7.39. The Kier molecular flexibility index (Phi) is 4.38. The zero-order chi connectivity index (χ0) is 13.8. The molecule has 0 aliphatic heterocycles. The summed E-state index contributed by atoms with van der Waals surface area (Å²) in [5, 5.41) is 7.18. The van der Waals surface area contributed by atoms with E-state index in [0.717, 1.165) is 23.1 Å². The van der Waals surface area contributed by atoms with Gasteiger partial charge in [0.2, 0.25) is 0 Å². The Bertz CT molecular complexity index is 549. The van der Waals surface area contributed by atoms with Crippen molar-refractivity contribution in [2.45, 2.75) is 27.2 Å². The number of hydrogen-bond acceptors (Lipinski definition) is 2. The summed E-state index contributed by atoms with van der Waals surface area (Å²) >= 11 is 1.69. The smallest absolute Gasteiger partial charge is 0.251 e. The average molecular weight is 273 g/mol. The number of rotatable bonds is 4. The first kappa shape index (κ1) is 13.8. The van der Waals surface area contributed by atoms with Crippen molar-refractivity contribution >= 4 is 17.2 Å². The van der Waals surface area contributed by atoms with Gasteiger partial charge in [-0.2, -0.15) is 11.3 Å². The van der Waals surface area contributed by atoms with Gasteiger partial charge in [-0.3, -0.25) is 4.79 Å². The molecule has 3 heteroatoms. The zero-order valence-corrected chi connectivity index (χ0v) is 12.4. The minimum Gasteiger partial charge on any atom is -0.352 e. The Balaban J connectivity index is 2.00. The number of thiophene rings is 1. The van der Waals surface area contributed by atoms with E-state index in [1.165, 1.54) is 11.1 Å². The third-order valence-corrected chi connectivity index (χ3v) is 3.92. The molecule has 0 saturated carbocycles. The van der Waals surface area contributed by atoms with Crippen molar-refractivity contribution in [2.75, 3.05) is 6.54 Å². The summed E-state index contributed by atoms with van der Waals surface area (Å²) < 4.78 is 0. The molecule has 1 heterocycles. The van der Waals surface area contributed by atoms with Crippen molar-refractivity contribution in [1.82, 2.24) is 5.32 Å². The highest BCUT2D eigenvalue weighted by Gasteiger charge is 2.12. The van der Waals surface area contributed by atoms with Crippen molar-refractivity contribution in [3.05, 3.63) is 56.8 Å². The number of nitrogens with one attached hydrogen (secondary N) is 1. The molecule has 2 aromatic rings. The second-order valence-corrected chi connectivity index (χ2v) is 5.69. The molecule has 0 spiro atoms. The van der Waals surface area contributed by atoms with E-state index in [1.54, 1.807) is 11.3 Å². The van der Waals surface area contributed by atoms with Crippen LogP contribution in [0.25, 0.3) is 0 Å². The number of aryl methyl sites for hydroxylation is 3. The number of carbonyl (C=O) groups is 1. The monoisotopic (exact) mass is 273 g/mol. The molecule has 2 nitrogen and oxygen atoms in total. The molecule has 1 aromatic carbocycles. The zero-order valence-electron chi connectivity index (χ0n) is 11.6. The van der Waals surface area contributed by atoms with Crippen LogP contribution >= 0.6 is 11.3 Å². The van der Waals surface area contributed by atoms with Crippen LogP contribution in [0.15, 0.2) is 29.0 Å². The largest absolute Gasteiger partial charge is 0.352 e. The highest BCUT2D eigenvalue weighted by molar-refractivity contribution is 7.07. The second-order valence-electron chi connectivity index (χ2n) is 4.91. The standard InChI is InChI=1S/C16H19NOS/c1-11-8-12(2)15(13(3)9-11)16(18)17-6-4-14-5-7-19-10-14/h5,7-10H,4,6H2,1-3H3,(H,17,18). The van der Waals surface area contributed by atoms with Crippen LogP contribution in [0.2, 0.25) is 0 Å². The molecule has 0 fully saturated rings. The van der Waals surface area contributed by atoms with Crippen molar-refractivity contribution in [2.24, 2.45) is 0 Å². The van der Waals surface area contributed by atoms with Gasteiger partial charge in [0, 0.05) is 12.1 Å². The Morgan fingerprint density at radius 1 is 1.21 bits per heavy atom. The summed E-state index contributed by atoms with van der Waals surface area (Å²) in [6, 6.07) is 6.21. The van der Waals surface area contributed by atoms with E-state index in [4.69, 9.17) is 0 Å². The lowest BCUT2D eigenvalue weighted by atomic mass is 9.99. The quantitative estimate of drug-likeness (QED) is 0.905.